The van der Waals surface area contributed by atoms with Gasteiger partial charge in [-0.2, -0.15) is 0 Å². The first-order valence-corrected chi connectivity index (χ1v) is 12.3. The van der Waals surface area contributed by atoms with E-state index in [2.05, 4.69) is 22.5 Å². The number of ether oxygens (including phenoxy) is 4. The molecule has 2 amide bonds. The summed E-state index contributed by atoms with van der Waals surface area (Å²) in [5.41, 5.74) is -0.0772. The standard InChI is InChI=1S/C20H36N2O6S2/c1-6-21-19(23)14-25-10-12-27-17(4)29-30-18(5)28-13-11-26-15-20(24)22-9-7-8-16(2)3/h16-18H,6,9-15H2,1-5H3,(H,21,23)(H,22,24). The summed E-state index contributed by atoms with van der Waals surface area (Å²) in [5.74, 6) is 5.84. The first-order chi connectivity index (χ1) is 14.3. The molecule has 30 heavy (non-hydrogen) atoms. The molecule has 0 bridgehead atoms. The van der Waals surface area contributed by atoms with Crippen molar-refractivity contribution in [3.63, 3.8) is 0 Å². The Morgan fingerprint density at radius 1 is 0.833 bits per heavy atom. The number of hydrogen-bond acceptors (Lipinski definition) is 8. The predicted octanol–water partition coefficient (Wildman–Crippen LogP) is 2.04. The Labute approximate surface area is 188 Å². The van der Waals surface area contributed by atoms with Gasteiger partial charge in [0.25, 0.3) is 0 Å². The number of hydrogen-bond donors (Lipinski definition) is 2. The second-order valence-corrected chi connectivity index (χ2v) is 9.25. The van der Waals surface area contributed by atoms with Crippen LogP contribution in [0.3, 0.4) is 0 Å². The van der Waals surface area contributed by atoms with E-state index in [1.54, 1.807) is 21.6 Å². The molecule has 0 fully saturated rings. The number of amides is 2. The molecule has 0 spiro atoms. The molecule has 0 aromatic heterocycles. The number of nitrogens with one attached hydrogen (secondary N) is 2. The van der Waals surface area contributed by atoms with Crippen LogP contribution < -0.4 is 10.6 Å². The van der Waals surface area contributed by atoms with E-state index in [1.807, 2.05) is 34.6 Å². The highest BCUT2D eigenvalue weighted by Crippen LogP contribution is 2.31. The molecule has 8 nitrogen and oxygen atoms in total. The lowest BCUT2D eigenvalue weighted by molar-refractivity contribution is -0.126. The fraction of sp³-hybridized carbons (Fsp3) is 0.800. The van der Waals surface area contributed by atoms with Gasteiger partial charge in [0.05, 0.1) is 33.0 Å². The summed E-state index contributed by atoms with van der Waals surface area (Å²) in [6, 6.07) is 0. The van der Waals surface area contributed by atoms with E-state index < -0.39 is 0 Å². The summed E-state index contributed by atoms with van der Waals surface area (Å²) in [6.45, 7) is 12.3. The van der Waals surface area contributed by atoms with Gasteiger partial charge in [-0.3, -0.25) is 9.59 Å². The summed E-state index contributed by atoms with van der Waals surface area (Å²) < 4.78 is 21.8. The first kappa shape index (κ1) is 29.0. The van der Waals surface area contributed by atoms with Crippen LogP contribution in [-0.4, -0.2) is 75.4 Å². The zero-order chi connectivity index (χ0) is 22.6. The third kappa shape index (κ3) is 20.3. The Balaban J connectivity index is 3.55. The zero-order valence-electron chi connectivity index (χ0n) is 18.7. The molecule has 0 aliphatic heterocycles. The number of carbonyl (C=O) groups excluding carboxylic acids is 2. The SMILES string of the molecule is CCNC(=O)COCCOC(C)SSC(C)OCCOCC(=O)NCC#CC(C)C. The van der Waals surface area contributed by atoms with Gasteiger partial charge in [-0.25, -0.2) is 0 Å². The van der Waals surface area contributed by atoms with E-state index >= 15 is 0 Å². The van der Waals surface area contributed by atoms with Crippen molar-refractivity contribution >= 4 is 33.4 Å². The molecule has 0 saturated heterocycles. The summed E-state index contributed by atoms with van der Waals surface area (Å²) in [5, 5.41) is 5.34. The average Bonchev–Trinajstić information content (AvgIpc) is 2.69. The Hall–Kier alpha value is -0.960. The van der Waals surface area contributed by atoms with Crippen LogP contribution in [0.4, 0.5) is 0 Å². The molecule has 2 atom stereocenters. The number of rotatable bonds is 17. The van der Waals surface area contributed by atoms with Gasteiger partial charge in [0.2, 0.25) is 11.8 Å². The Morgan fingerprint density at radius 2 is 1.33 bits per heavy atom. The molecule has 0 saturated carbocycles. The third-order valence-electron chi connectivity index (χ3n) is 3.09. The maximum atomic E-state index is 11.6. The molecular formula is C20H36N2O6S2. The van der Waals surface area contributed by atoms with Crippen LogP contribution in [0.15, 0.2) is 0 Å². The molecule has 2 unspecified atom stereocenters. The highest BCUT2D eigenvalue weighted by molar-refractivity contribution is 8.77. The lowest BCUT2D eigenvalue weighted by Crippen LogP contribution is -2.28. The molecule has 174 valence electrons. The quantitative estimate of drug-likeness (QED) is 0.146. The maximum absolute atomic E-state index is 11.6. The van der Waals surface area contributed by atoms with Crippen molar-refractivity contribution in [2.45, 2.75) is 45.5 Å². The van der Waals surface area contributed by atoms with Crippen LogP contribution in [0.2, 0.25) is 0 Å². The van der Waals surface area contributed by atoms with Crippen molar-refractivity contribution in [2.75, 3.05) is 52.7 Å². The van der Waals surface area contributed by atoms with Gasteiger partial charge in [0.15, 0.2) is 0 Å². The lowest BCUT2D eigenvalue weighted by Gasteiger charge is -2.16. The van der Waals surface area contributed by atoms with Crippen LogP contribution in [0.5, 0.6) is 0 Å². The largest absolute Gasteiger partial charge is 0.369 e. The minimum absolute atomic E-state index is 0.00393. The van der Waals surface area contributed by atoms with Crippen molar-refractivity contribution in [3.05, 3.63) is 0 Å². The van der Waals surface area contributed by atoms with Crippen LogP contribution in [-0.2, 0) is 28.5 Å². The smallest absolute Gasteiger partial charge is 0.246 e. The topological polar surface area (TPSA) is 95.1 Å². The summed E-state index contributed by atoms with van der Waals surface area (Å²) in [6.07, 6.45) is 0. The van der Waals surface area contributed by atoms with E-state index in [0.29, 0.717) is 45.4 Å². The van der Waals surface area contributed by atoms with Crippen molar-refractivity contribution in [1.82, 2.24) is 10.6 Å². The second-order valence-electron chi connectivity index (χ2n) is 6.38. The van der Waals surface area contributed by atoms with Gasteiger partial charge in [-0.1, -0.05) is 47.3 Å². The van der Waals surface area contributed by atoms with Crippen molar-refractivity contribution in [3.8, 4) is 11.8 Å². The monoisotopic (exact) mass is 464 g/mol. The van der Waals surface area contributed by atoms with Crippen LogP contribution in [0.25, 0.3) is 0 Å². The lowest BCUT2D eigenvalue weighted by atomic mass is 10.2. The molecule has 0 radical (unpaired) electrons. The molecular weight excluding hydrogens is 428 g/mol. The molecule has 0 aliphatic rings. The van der Waals surface area contributed by atoms with Gasteiger partial charge in [-0.05, 0) is 20.8 Å². The highest BCUT2D eigenvalue weighted by Gasteiger charge is 2.09. The summed E-state index contributed by atoms with van der Waals surface area (Å²) in [7, 11) is 3.11. The minimum atomic E-state index is -0.188. The summed E-state index contributed by atoms with van der Waals surface area (Å²) >= 11 is 0. The fourth-order valence-corrected chi connectivity index (χ4v) is 3.67. The zero-order valence-corrected chi connectivity index (χ0v) is 20.3. The molecule has 0 heterocycles. The number of carbonyl (C=O) groups is 2. The van der Waals surface area contributed by atoms with Gasteiger partial charge in [0.1, 0.15) is 24.1 Å². The van der Waals surface area contributed by atoms with Gasteiger partial charge < -0.3 is 29.6 Å². The molecule has 0 aromatic carbocycles. The average molecular weight is 465 g/mol. The molecule has 2 N–H and O–H groups in total. The maximum Gasteiger partial charge on any atom is 0.246 e. The van der Waals surface area contributed by atoms with Crippen molar-refractivity contribution < 1.29 is 28.5 Å². The predicted molar refractivity (Wildman–Crippen MR) is 122 cm³/mol. The normalized spacial score (nSPS) is 12.7. The van der Waals surface area contributed by atoms with E-state index in [4.69, 9.17) is 18.9 Å². The van der Waals surface area contributed by atoms with E-state index in [-0.39, 0.29) is 35.9 Å². The molecule has 10 heteroatoms. The molecule has 0 rings (SSSR count). The Morgan fingerprint density at radius 3 is 1.80 bits per heavy atom. The second kappa shape index (κ2) is 20.0. The number of likely N-dealkylation sites (N-methyl/N-ethyl adjacent to an activating group) is 1. The van der Waals surface area contributed by atoms with E-state index in [0.717, 1.165) is 0 Å². The van der Waals surface area contributed by atoms with Crippen LogP contribution >= 0.6 is 21.6 Å². The van der Waals surface area contributed by atoms with Crippen molar-refractivity contribution in [2.24, 2.45) is 5.92 Å². The van der Waals surface area contributed by atoms with Gasteiger partial charge >= 0.3 is 0 Å². The third-order valence-corrected chi connectivity index (χ3v) is 5.98. The first-order valence-electron chi connectivity index (χ1n) is 10.1. The Bertz CT molecular complexity index is 525. The van der Waals surface area contributed by atoms with Crippen LogP contribution in [0.1, 0.15) is 34.6 Å². The van der Waals surface area contributed by atoms with E-state index in [1.165, 1.54) is 0 Å². The highest BCUT2D eigenvalue weighted by atomic mass is 33.1. The van der Waals surface area contributed by atoms with Gasteiger partial charge in [0, 0.05) is 12.5 Å². The van der Waals surface area contributed by atoms with Gasteiger partial charge in [-0.15, -0.1) is 0 Å². The van der Waals surface area contributed by atoms with Crippen molar-refractivity contribution in [1.29, 1.82) is 0 Å². The Kier molecular flexibility index (Phi) is 19.3. The van der Waals surface area contributed by atoms with E-state index in [9.17, 15) is 9.59 Å². The summed E-state index contributed by atoms with van der Waals surface area (Å²) in [4.78, 5) is 22.8. The van der Waals surface area contributed by atoms with Crippen LogP contribution in [0, 0.1) is 17.8 Å². The molecule has 0 aromatic rings. The fourth-order valence-electron chi connectivity index (χ4n) is 1.78. The molecule has 0 aliphatic carbocycles. The minimum Gasteiger partial charge on any atom is -0.369 e.